The summed E-state index contributed by atoms with van der Waals surface area (Å²) in [6.45, 7) is 39.7. The number of hydrogen-bond acceptors (Lipinski definition) is 1. The van der Waals surface area contributed by atoms with Crippen LogP contribution in [0.4, 0.5) is 0 Å². The standard InChI is InChI=1S/C20H52GeINSi4/c1-20(2,3)23(4)17-21(22,18(24(5,6)7)25(8,9)10)19(26(11,12)13)27(14,15)16/h18-19H,17H2,1-16H3. The van der Waals surface area contributed by atoms with Crippen molar-refractivity contribution in [2.75, 3.05) is 12.4 Å². The van der Waals surface area contributed by atoms with Gasteiger partial charge in [0.2, 0.25) is 0 Å². The molecule has 0 bridgehead atoms. The van der Waals surface area contributed by atoms with Gasteiger partial charge in [-0.2, -0.15) is 0 Å². The third-order valence-electron chi connectivity index (χ3n) is 6.05. The SMILES string of the molecule is CN([CH2][Ge]([I])([CH]([Si](C)(C)C)[Si](C)(C)C)[CH]([Si](C)(C)C)[Si](C)(C)C)C(C)(C)C. The van der Waals surface area contributed by atoms with Crippen molar-refractivity contribution in [3.05, 3.63) is 0 Å². The van der Waals surface area contributed by atoms with Crippen LogP contribution in [-0.2, 0) is 0 Å². The molecular weight excluding hydrogens is 566 g/mol. The first-order valence-electron chi connectivity index (χ1n) is 10.8. The van der Waals surface area contributed by atoms with Crippen molar-refractivity contribution >= 4 is 62.5 Å². The van der Waals surface area contributed by atoms with E-state index in [-0.39, 0.29) is 5.54 Å². The second kappa shape index (κ2) is 8.92. The third-order valence-corrected chi connectivity index (χ3v) is 82.4. The van der Waals surface area contributed by atoms with Crippen molar-refractivity contribution < 1.29 is 0 Å². The van der Waals surface area contributed by atoms with Crippen LogP contribution in [0.15, 0.2) is 0 Å². The molecule has 0 spiro atoms. The Morgan fingerprint density at radius 1 is 0.667 bits per heavy atom. The molecule has 7 heteroatoms. The molecule has 27 heavy (non-hydrogen) atoms. The molecule has 0 rings (SSSR count). The first-order valence-corrected chi connectivity index (χ1v) is 35.4. The summed E-state index contributed by atoms with van der Waals surface area (Å²) in [4.78, 5) is 2.76. The fraction of sp³-hybridized carbons (Fsp3) is 1.00. The summed E-state index contributed by atoms with van der Waals surface area (Å²) in [5, 5.41) is 1.43. The first-order chi connectivity index (χ1) is 11.4. The second-order valence-corrected chi connectivity index (χ2v) is 58.9. The molecule has 0 aromatic rings. The van der Waals surface area contributed by atoms with E-state index in [9.17, 15) is 0 Å². The van der Waals surface area contributed by atoms with E-state index in [0.717, 1.165) is 7.99 Å². The Morgan fingerprint density at radius 3 is 1.04 bits per heavy atom. The fourth-order valence-corrected chi connectivity index (χ4v) is 143. The Kier molecular flexibility index (Phi) is 9.61. The van der Waals surface area contributed by atoms with E-state index in [2.05, 4.69) is 131 Å². The number of halogens is 1. The van der Waals surface area contributed by atoms with Crippen LogP contribution in [0.5, 0.6) is 0 Å². The number of hydrogen-bond donors (Lipinski definition) is 0. The Morgan fingerprint density at radius 2 is 0.889 bits per heavy atom. The monoisotopic (exact) mass is 619 g/mol. The van der Waals surface area contributed by atoms with Gasteiger partial charge in [-0.3, -0.25) is 0 Å². The molecule has 0 aliphatic heterocycles. The van der Waals surface area contributed by atoms with Gasteiger partial charge in [0, 0.05) is 0 Å². The van der Waals surface area contributed by atoms with Crippen LogP contribution in [0.3, 0.4) is 0 Å². The summed E-state index contributed by atoms with van der Waals surface area (Å²) < 4.78 is 2.22. The summed E-state index contributed by atoms with van der Waals surface area (Å²) in [6.07, 6.45) is 0. The van der Waals surface area contributed by atoms with E-state index in [4.69, 9.17) is 0 Å². The Labute approximate surface area is 191 Å². The van der Waals surface area contributed by atoms with Crippen molar-refractivity contribution in [1.82, 2.24) is 4.90 Å². The molecule has 0 fully saturated rings. The normalized spacial score (nSPS) is 16.0. The van der Waals surface area contributed by atoms with Gasteiger partial charge < -0.3 is 0 Å². The zero-order valence-electron chi connectivity index (χ0n) is 21.7. The van der Waals surface area contributed by atoms with Crippen LogP contribution in [0.25, 0.3) is 0 Å². The summed E-state index contributed by atoms with van der Waals surface area (Å²) >= 11 is 3.24. The van der Waals surface area contributed by atoms with Gasteiger partial charge in [-0.05, 0) is 0 Å². The van der Waals surface area contributed by atoms with Crippen LogP contribution in [0.2, 0.25) is 86.6 Å². The quantitative estimate of drug-likeness (QED) is 0.198. The van der Waals surface area contributed by atoms with Gasteiger partial charge in [-0.15, -0.1) is 0 Å². The van der Waals surface area contributed by atoms with Crippen molar-refractivity contribution in [2.45, 2.75) is 113 Å². The molecule has 0 unspecified atom stereocenters. The fourth-order valence-electron chi connectivity index (χ4n) is 6.43. The Bertz CT molecular complexity index is 433. The second-order valence-electron chi connectivity index (χ2n) is 14.3. The van der Waals surface area contributed by atoms with Crippen molar-refractivity contribution in [3.8, 4) is 0 Å². The van der Waals surface area contributed by atoms with E-state index < -0.39 is 42.3 Å². The van der Waals surface area contributed by atoms with Gasteiger partial charge in [0.1, 0.15) is 0 Å². The Balaban J connectivity index is 6.90. The number of rotatable bonds is 8. The topological polar surface area (TPSA) is 3.24 Å². The summed E-state index contributed by atoms with van der Waals surface area (Å²) in [5.74, 6) is 0. The van der Waals surface area contributed by atoms with Gasteiger partial charge >= 0.3 is 193 Å². The van der Waals surface area contributed by atoms with Crippen molar-refractivity contribution in [1.29, 1.82) is 0 Å². The first kappa shape index (κ1) is 29.1. The van der Waals surface area contributed by atoms with E-state index in [1.165, 1.54) is 5.38 Å². The molecular formula is C20H52GeINSi4. The van der Waals surface area contributed by atoms with Gasteiger partial charge in [0.25, 0.3) is 0 Å². The zero-order valence-corrected chi connectivity index (χ0v) is 29.9. The molecule has 164 valence electrons. The van der Waals surface area contributed by atoms with Crippen molar-refractivity contribution in [2.24, 2.45) is 0 Å². The molecule has 0 amide bonds. The molecule has 0 aliphatic rings. The molecule has 0 atom stereocenters. The predicted octanol–water partition coefficient (Wildman–Crippen LogP) is 7.89. The average Bonchev–Trinajstić information content (AvgIpc) is 2.16. The third kappa shape index (κ3) is 7.94. The van der Waals surface area contributed by atoms with Crippen LogP contribution in [-0.4, -0.2) is 65.1 Å². The van der Waals surface area contributed by atoms with E-state index >= 15 is 0 Å². The van der Waals surface area contributed by atoms with Crippen LogP contribution >= 0.6 is 20.2 Å². The minimum atomic E-state index is -2.27. The van der Waals surface area contributed by atoms with Gasteiger partial charge in [0.15, 0.2) is 0 Å². The maximum absolute atomic E-state index is 3.24. The summed E-state index contributed by atoms with van der Waals surface area (Å²) in [5.41, 5.74) is 0.272. The van der Waals surface area contributed by atoms with Crippen molar-refractivity contribution in [3.63, 3.8) is 0 Å². The number of nitrogens with zero attached hydrogens (tertiary/aromatic N) is 1. The van der Waals surface area contributed by atoms with Gasteiger partial charge in [0.05, 0.1) is 0 Å². The van der Waals surface area contributed by atoms with Gasteiger partial charge in [-0.25, -0.2) is 0 Å². The molecule has 0 aromatic heterocycles. The summed E-state index contributed by atoms with van der Waals surface area (Å²) in [6, 6.07) is 0. The van der Waals surface area contributed by atoms with E-state index in [0.29, 0.717) is 0 Å². The summed E-state index contributed by atoms with van der Waals surface area (Å²) in [7, 11) is -4.84. The molecule has 0 N–H and O–H groups in total. The maximum atomic E-state index is 3.24. The molecule has 1 nitrogen and oxygen atoms in total. The van der Waals surface area contributed by atoms with E-state index in [1.807, 2.05) is 0 Å². The van der Waals surface area contributed by atoms with Crippen LogP contribution in [0.1, 0.15) is 20.8 Å². The molecule has 0 aromatic carbocycles. The Hall–Kier alpha value is 2.10. The van der Waals surface area contributed by atoms with E-state index in [1.54, 1.807) is 0 Å². The minimum absolute atomic E-state index is 0.272. The van der Waals surface area contributed by atoms with Gasteiger partial charge in [-0.1, -0.05) is 0 Å². The molecule has 0 saturated heterocycles. The predicted molar refractivity (Wildman–Crippen MR) is 153 cm³/mol. The molecule has 0 aliphatic carbocycles. The molecule has 0 heterocycles. The zero-order chi connectivity index (χ0) is 22.4. The molecule has 0 radical (unpaired) electrons. The average molecular weight is 619 g/mol. The molecule has 0 saturated carbocycles. The van der Waals surface area contributed by atoms with Crippen LogP contribution in [0, 0.1) is 0 Å². The van der Waals surface area contributed by atoms with Crippen LogP contribution < -0.4 is 0 Å².